The number of ether oxygens (including phenoxy) is 1. The molecule has 0 saturated carbocycles. The van der Waals surface area contributed by atoms with Crippen LogP contribution in [0.25, 0.3) is 28.2 Å². The van der Waals surface area contributed by atoms with Crippen LogP contribution in [-0.4, -0.2) is 22.3 Å². The van der Waals surface area contributed by atoms with Gasteiger partial charge in [-0.05, 0) is 48.4 Å². The maximum Gasteiger partial charge on any atom is 0.269 e. The maximum absolute atomic E-state index is 11.3. The van der Waals surface area contributed by atoms with E-state index >= 15 is 0 Å². The molecule has 0 saturated heterocycles. The zero-order valence-corrected chi connectivity index (χ0v) is 20.3. The van der Waals surface area contributed by atoms with E-state index in [2.05, 4.69) is 34.9 Å². The van der Waals surface area contributed by atoms with Gasteiger partial charge in [-0.25, -0.2) is 0 Å². The fourth-order valence-corrected chi connectivity index (χ4v) is 4.30. The number of nitro benzene ring substituents is 1. The lowest BCUT2D eigenvalue weighted by atomic mass is 10.1. The van der Waals surface area contributed by atoms with Crippen molar-refractivity contribution in [2.24, 2.45) is 4.99 Å². The summed E-state index contributed by atoms with van der Waals surface area (Å²) in [5.41, 5.74) is 6.51. The number of nitrogens with zero attached hydrogens (tertiary/aromatic N) is 3. The van der Waals surface area contributed by atoms with Gasteiger partial charge in [-0.2, -0.15) is 0 Å². The molecular formula is C31H25N3O3. The summed E-state index contributed by atoms with van der Waals surface area (Å²) in [6, 6.07) is 36.6. The minimum Gasteiger partial charge on any atom is -0.494 e. The van der Waals surface area contributed by atoms with Crippen LogP contribution in [0.5, 0.6) is 5.75 Å². The van der Waals surface area contributed by atoms with Crippen LogP contribution in [0.4, 0.5) is 11.4 Å². The van der Waals surface area contributed by atoms with Crippen LogP contribution in [0.3, 0.4) is 0 Å². The van der Waals surface area contributed by atoms with E-state index in [1.54, 1.807) is 12.1 Å². The topological polar surface area (TPSA) is 69.7 Å². The third kappa shape index (κ3) is 5.18. The Kier molecular flexibility index (Phi) is 6.90. The highest BCUT2D eigenvalue weighted by Crippen LogP contribution is 2.36. The van der Waals surface area contributed by atoms with Crippen LogP contribution in [0.2, 0.25) is 0 Å². The van der Waals surface area contributed by atoms with Crippen LogP contribution in [-0.2, 0) is 0 Å². The fraction of sp³-hybridized carbons (Fsp3) is 0.0645. The van der Waals surface area contributed by atoms with Crippen LogP contribution in [0.1, 0.15) is 12.5 Å². The molecule has 182 valence electrons. The van der Waals surface area contributed by atoms with E-state index in [1.807, 2.05) is 73.8 Å². The van der Waals surface area contributed by atoms with Gasteiger partial charge in [-0.1, -0.05) is 66.7 Å². The summed E-state index contributed by atoms with van der Waals surface area (Å²) < 4.78 is 7.76. The van der Waals surface area contributed by atoms with E-state index in [0.717, 1.165) is 45.2 Å². The number of non-ortho nitro benzene ring substituents is 1. The second-order valence-electron chi connectivity index (χ2n) is 8.36. The van der Waals surface area contributed by atoms with Gasteiger partial charge in [0.25, 0.3) is 5.69 Å². The number of hydrogen-bond acceptors (Lipinski definition) is 4. The minimum absolute atomic E-state index is 0.0504. The molecule has 0 unspecified atom stereocenters. The average molecular weight is 488 g/mol. The molecule has 0 amide bonds. The van der Waals surface area contributed by atoms with Crippen molar-refractivity contribution in [3.8, 4) is 34.0 Å². The number of benzene rings is 4. The van der Waals surface area contributed by atoms with Gasteiger partial charge >= 0.3 is 0 Å². The first-order valence-electron chi connectivity index (χ1n) is 12.0. The molecule has 4 aromatic carbocycles. The first kappa shape index (κ1) is 23.8. The first-order chi connectivity index (χ1) is 18.1. The molecule has 6 heteroatoms. The summed E-state index contributed by atoms with van der Waals surface area (Å²) in [6.45, 7) is 2.54. The smallest absolute Gasteiger partial charge is 0.269 e. The Morgan fingerprint density at radius 3 is 2.16 bits per heavy atom. The second-order valence-corrected chi connectivity index (χ2v) is 8.36. The molecule has 0 fully saturated rings. The molecule has 1 heterocycles. The van der Waals surface area contributed by atoms with Crippen molar-refractivity contribution in [1.29, 1.82) is 0 Å². The van der Waals surface area contributed by atoms with Crippen molar-refractivity contribution in [3.63, 3.8) is 0 Å². The van der Waals surface area contributed by atoms with E-state index in [4.69, 9.17) is 9.73 Å². The highest BCUT2D eigenvalue weighted by atomic mass is 16.6. The summed E-state index contributed by atoms with van der Waals surface area (Å²) in [6.07, 6.45) is 1.86. The highest BCUT2D eigenvalue weighted by Gasteiger charge is 2.19. The number of aromatic nitrogens is 1. The molecular weight excluding hydrogens is 462 g/mol. The predicted octanol–water partition coefficient (Wildman–Crippen LogP) is 7.87. The third-order valence-corrected chi connectivity index (χ3v) is 5.95. The van der Waals surface area contributed by atoms with Gasteiger partial charge < -0.3 is 9.30 Å². The highest BCUT2D eigenvalue weighted by molar-refractivity contribution is 5.94. The summed E-state index contributed by atoms with van der Waals surface area (Å²) in [5, 5.41) is 11.3. The van der Waals surface area contributed by atoms with Gasteiger partial charge in [-0.3, -0.25) is 15.1 Å². The molecule has 0 atom stereocenters. The fourth-order valence-electron chi connectivity index (χ4n) is 4.30. The van der Waals surface area contributed by atoms with Gasteiger partial charge in [0.05, 0.1) is 28.6 Å². The van der Waals surface area contributed by atoms with E-state index < -0.39 is 0 Å². The predicted molar refractivity (Wildman–Crippen MR) is 148 cm³/mol. The first-order valence-corrected chi connectivity index (χ1v) is 12.0. The molecule has 0 aliphatic heterocycles. The summed E-state index contributed by atoms with van der Waals surface area (Å²) in [5.74, 6) is 0.772. The number of aliphatic imine (C=N–C) groups is 1. The molecule has 5 aromatic rings. The standard InChI is InChI=1S/C31H25N3O3/c1-2-37-29-15-9-14-26(21-29)32-22-25-20-30(23-10-5-3-6-11-23)33(31(25)24-12-7-4-8-13-24)27-16-18-28(19-17-27)34(35)36/h3-22H,2H2,1H3. The van der Waals surface area contributed by atoms with Gasteiger partial charge in [0.15, 0.2) is 0 Å². The van der Waals surface area contributed by atoms with Gasteiger partial charge in [0.2, 0.25) is 0 Å². The molecule has 1 aromatic heterocycles. The van der Waals surface area contributed by atoms with Crippen LogP contribution in [0, 0.1) is 10.1 Å². The monoisotopic (exact) mass is 487 g/mol. The lowest BCUT2D eigenvalue weighted by Crippen LogP contribution is -2.01. The molecule has 0 aliphatic rings. The Morgan fingerprint density at radius 1 is 0.838 bits per heavy atom. The van der Waals surface area contributed by atoms with Crippen molar-refractivity contribution in [1.82, 2.24) is 4.57 Å². The van der Waals surface area contributed by atoms with E-state index in [9.17, 15) is 10.1 Å². The zero-order valence-electron chi connectivity index (χ0n) is 20.3. The summed E-state index contributed by atoms with van der Waals surface area (Å²) in [7, 11) is 0. The SMILES string of the molecule is CCOc1cccc(N=Cc2cc(-c3ccccc3)n(-c3ccc([N+](=O)[O-])cc3)c2-c2ccccc2)c1. The van der Waals surface area contributed by atoms with Gasteiger partial charge in [-0.15, -0.1) is 0 Å². The summed E-state index contributed by atoms with van der Waals surface area (Å²) >= 11 is 0. The minimum atomic E-state index is -0.385. The molecule has 37 heavy (non-hydrogen) atoms. The quantitative estimate of drug-likeness (QED) is 0.127. The van der Waals surface area contributed by atoms with Gasteiger partial charge in [0.1, 0.15) is 5.75 Å². The lowest BCUT2D eigenvalue weighted by Gasteiger charge is -2.15. The number of nitro groups is 1. The molecule has 6 nitrogen and oxygen atoms in total. The Balaban J connectivity index is 1.72. The zero-order chi connectivity index (χ0) is 25.6. The Labute approximate surface area is 215 Å². The molecule has 0 aliphatic carbocycles. The van der Waals surface area contributed by atoms with Crippen molar-refractivity contribution in [2.75, 3.05) is 6.61 Å². The molecule has 0 bridgehead atoms. The van der Waals surface area contributed by atoms with Crippen molar-refractivity contribution in [2.45, 2.75) is 6.92 Å². The normalized spacial score (nSPS) is 11.1. The van der Waals surface area contributed by atoms with Gasteiger partial charge in [0, 0.05) is 35.7 Å². The van der Waals surface area contributed by atoms with E-state index in [0.29, 0.717) is 6.61 Å². The Hall–Kier alpha value is -4.97. The second kappa shape index (κ2) is 10.7. The number of rotatable bonds is 8. The Bertz CT molecular complexity index is 1540. The average Bonchev–Trinajstić information content (AvgIpc) is 3.33. The van der Waals surface area contributed by atoms with Crippen molar-refractivity contribution in [3.05, 3.63) is 131 Å². The Morgan fingerprint density at radius 2 is 1.51 bits per heavy atom. The lowest BCUT2D eigenvalue weighted by molar-refractivity contribution is -0.384. The molecule has 0 N–H and O–H groups in total. The van der Waals surface area contributed by atoms with E-state index in [-0.39, 0.29) is 10.6 Å². The van der Waals surface area contributed by atoms with Crippen LogP contribution >= 0.6 is 0 Å². The third-order valence-electron chi connectivity index (χ3n) is 5.95. The molecule has 0 radical (unpaired) electrons. The maximum atomic E-state index is 11.3. The van der Waals surface area contributed by atoms with Crippen molar-refractivity contribution >= 4 is 17.6 Å². The number of hydrogen-bond donors (Lipinski definition) is 0. The van der Waals surface area contributed by atoms with Crippen LogP contribution < -0.4 is 4.74 Å². The summed E-state index contributed by atoms with van der Waals surface area (Å²) in [4.78, 5) is 15.7. The molecule has 0 spiro atoms. The molecule has 5 rings (SSSR count). The largest absolute Gasteiger partial charge is 0.494 e. The van der Waals surface area contributed by atoms with Crippen LogP contribution in [0.15, 0.2) is 120 Å². The van der Waals surface area contributed by atoms with Crippen molar-refractivity contribution < 1.29 is 9.66 Å². The van der Waals surface area contributed by atoms with E-state index in [1.165, 1.54) is 12.1 Å².